The van der Waals surface area contributed by atoms with Gasteiger partial charge in [-0.15, -0.1) is 0 Å². The van der Waals surface area contributed by atoms with Gasteiger partial charge < -0.3 is 10.6 Å². The van der Waals surface area contributed by atoms with E-state index in [1.807, 2.05) is 0 Å². The Labute approximate surface area is 107 Å². The van der Waals surface area contributed by atoms with E-state index in [2.05, 4.69) is 23.6 Å². The molecule has 0 saturated carbocycles. The Balaban J connectivity index is 2.43. The van der Waals surface area contributed by atoms with E-state index in [1.165, 1.54) is 58.3 Å². The first-order valence-corrected chi connectivity index (χ1v) is 7.48. The van der Waals surface area contributed by atoms with Crippen LogP contribution in [0.1, 0.15) is 46.0 Å². The van der Waals surface area contributed by atoms with Crippen LogP contribution in [0.5, 0.6) is 0 Å². The van der Waals surface area contributed by atoms with Crippen molar-refractivity contribution in [2.75, 3.05) is 39.3 Å². The molecule has 0 aromatic heterocycles. The van der Waals surface area contributed by atoms with E-state index in [0.717, 1.165) is 19.1 Å². The quantitative estimate of drug-likeness (QED) is 0.705. The van der Waals surface area contributed by atoms with Crippen molar-refractivity contribution < 1.29 is 0 Å². The second-order valence-corrected chi connectivity index (χ2v) is 5.27. The van der Waals surface area contributed by atoms with Crippen molar-refractivity contribution >= 4 is 0 Å². The third-order valence-electron chi connectivity index (χ3n) is 3.71. The summed E-state index contributed by atoms with van der Waals surface area (Å²) < 4.78 is 0. The molecule has 1 aliphatic rings. The van der Waals surface area contributed by atoms with Gasteiger partial charge in [0.25, 0.3) is 0 Å². The van der Waals surface area contributed by atoms with Crippen LogP contribution in [0.3, 0.4) is 0 Å². The summed E-state index contributed by atoms with van der Waals surface area (Å²) in [4.78, 5) is 5.25. The molecule has 1 saturated heterocycles. The molecule has 0 aromatic carbocycles. The summed E-state index contributed by atoms with van der Waals surface area (Å²) in [6, 6.07) is 0.755. The minimum Gasteiger partial charge on any atom is -0.329 e. The maximum absolute atomic E-state index is 5.71. The molecular formula is C14H31N3. The molecule has 3 nitrogen and oxygen atoms in total. The summed E-state index contributed by atoms with van der Waals surface area (Å²) in [7, 11) is 0. The third kappa shape index (κ3) is 5.36. The van der Waals surface area contributed by atoms with Crippen LogP contribution in [0, 0.1) is 0 Å². The van der Waals surface area contributed by atoms with Crippen molar-refractivity contribution in [1.29, 1.82) is 0 Å². The third-order valence-corrected chi connectivity index (χ3v) is 3.71. The zero-order valence-corrected chi connectivity index (χ0v) is 11.8. The number of hydrogen-bond donors (Lipinski definition) is 1. The van der Waals surface area contributed by atoms with Crippen molar-refractivity contribution in [2.24, 2.45) is 5.73 Å². The van der Waals surface area contributed by atoms with Crippen molar-refractivity contribution in [3.8, 4) is 0 Å². The van der Waals surface area contributed by atoms with Gasteiger partial charge in [-0.2, -0.15) is 0 Å². The topological polar surface area (TPSA) is 32.5 Å². The van der Waals surface area contributed by atoms with E-state index < -0.39 is 0 Å². The standard InChI is InChI=1S/C14H31N3/c1-3-9-16(10-4-2)13-14-7-5-6-11-17(14)12-8-15/h14H,3-13,15H2,1-2H3/t14-/m0/s1. The van der Waals surface area contributed by atoms with Crippen LogP contribution in [-0.4, -0.2) is 55.1 Å². The van der Waals surface area contributed by atoms with Gasteiger partial charge in [0.15, 0.2) is 0 Å². The Bertz CT molecular complexity index is 176. The van der Waals surface area contributed by atoms with Crippen LogP contribution >= 0.6 is 0 Å². The zero-order valence-electron chi connectivity index (χ0n) is 11.8. The Hall–Kier alpha value is -0.120. The van der Waals surface area contributed by atoms with Gasteiger partial charge >= 0.3 is 0 Å². The van der Waals surface area contributed by atoms with E-state index in [0.29, 0.717) is 0 Å². The molecule has 1 rings (SSSR count). The number of rotatable bonds is 8. The van der Waals surface area contributed by atoms with Crippen molar-refractivity contribution in [1.82, 2.24) is 9.80 Å². The molecule has 1 aliphatic heterocycles. The molecule has 17 heavy (non-hydrogen) atoms. The van der Waals surface area contributed by atoms with Crippen molar-refractivity contribution in [2.45, 2.75) is 52.0 Å². The average Bonchev–Trinajstić information content (AvgIpc) is 2.33. The normalized spacial score (nSPS) is 22.2. The first-order chi connectivity index (χ1) is 8.31. The number of hydrogen-bond acceptors (Lipinski definition) is 3. The Morgan fingerprint density at radius 1 is 1.18 bits per heavy atom. The fourth-order valence-corrected chi connectivity index (χ4v) is 2.95. The van der Waals surface area contributed by atoms with E-state index in [-0.39, 0.29) is 0 Å². The molecular weight excluding hydrogens is 210 g/mol. The number of nitrogens with two attached hydrogens (primary N) is 1. The first-order valence-electron chi connectivity index (χ1n) is 7.48. The van der Waals surface area contributed by atoms with Gasteiger partial charge in [0.2, 0.25) is 0 Å². The number of piperidine rings is 1. The van der Waals surface area contributed by atoms with Gasteiger partial charge in [0, 0.05) is 25.7 Å². The minimum atomic E-state index is 0.755. The molecule has 0 amide bonds. The lowest BCUT2D eigenvalue weighted by atomic mass is 10.0. The number of nitrogens with zero attached hydrogens (tertiary/aromatic N) is 2. The predicted molar refractivity (Wildman–Crippen MR) is 75.3 cm³/mol. The molecule has 1 atom stereocenters. The largest absolute Gasteiger partial charge is 0.329 e. The molecule has 0 unspecified atom stereocenters. The molecule has 0 radical (unpaired) electrons. The summed E-state index contributed by atoms with van der Waals surface area (Å²) >= 11 is 0. The van der Waals surface area contributed by atoms with E-state index in [9.17, 15) is 0 Å². The van der Waals surface area contributed by atoms with Crippen LogP contribution in [0.15, 0.2) is 0 Å². The highest BCUT2D eigenvalue weighted by molar-refractivity contribution is 4.80. The van der Waals surface area contributed by atoms with Gasteiger partial charge in [-0.25, -0.2) is 0 Å². The molecule has 0 aliphatic carbocycles. The molecule has 1 heterocycles. The van der Waals surface area contributed by atoms with Crippen LogP contribution in [0.4, 0.5) is 0 Å². The smallest absolute Gasteiger partial charge is 0.0223 e. The van der Waals surface area contributed by atoms with Crippen molar-refractivity contribution in [3.05, 3.63) is 0 Å². The summed E-state index contributed by atoms with van der Waals surface area (Å²) in [5, 5.41) is 0. The lowest BCUT2D eigenvalue weighted by molar-refractivity contribution is 0.107. The van der Waals surface area contributed by atoms with Crippen LogP contribution in [0.25, 0.3) is 0 Å². The predicted octanol–water partition coefficient (Wildman–Crippen LogP) is 1.92. The SMILES string of the molecule is CCCN(CCC)C[C@@H]1CCCCN1CCN. The molecule has 102 valence electrons. The average molecular weight is 241 g/mol. The van der Waals surface area contributed by atoms with Crippen LogP contribution in [0.2, 0.25) is 0 Å². The molecule has 1 fully saturated rings. The molecule has 0 aromatic rings. The zero-order chi connectivity index (χ0) is 12.5. The highest BCUT2D eigenvalue weighted by Crippen LogP contribution is 2.17. The summed E-state index contributed by atoms with van der Waals surface area (Å²) in [5.74, 6) is 0. The maximum atomic E-state index is 5.71. The van der Waals surface area contributed by atoms with Gasteiger partial charge in [0.1, 0.15) is 0 Å². The second kappa shape index (κ2) is 8.90. The summed E-state index contributed by atoms with van der Waals surface area (Å²) in [6.45, 7) is 11.5. The van der Waals surface area contributed by atoms with Crippen LogP contribution in [-0.2, 0) is 0 Å². The molecule has 2 N–H and O–H groups in total. The molecule has 0 bridgehead atoms. The lowest BCUT2D eigenvalue weighted by Gasteiger charge is -2.38. The molecule has 3 heteroatoms. The van der Waals surface area contributed by atoms with Gasteiger partial charge in [-0.1, -0.05) is 20.3 Å². The second-order valence-electron chi connectivity index (χ2n) is 5.27. The Kier molecular flexibility index (Phi) is 7.82. The van der Waals surface area contributed by atoms with Gasteiger partial charge in [-0.3, -0.25) is 4.90 Å². The first kappa shape index (κ1) is 14.9. The lowest BCUT2D eigenvalue weighted by Crippen LogP contribution is -2.48. The van der Waals surface area contributed by atoms with E-state index >= 15 is 0 Å². The fraction of sp³-hybridized carbons (Fsp3) is 1.00. The van der Waals surface area contributed by atoms with Gasteiger partial charge in [-0.05, 0) is 45.3 Å². The summed E-state index contributed by atoms with van der Waals surface area (Å²) in [6.07, 6.45) is 6.66. The van der Waals surface area contributed by atoms with E-state index in [1.54, 1.807) is 0 Å². The van der Waals surface area contributed by atoms with Gasteiger partial charge in [0.05, 0.1) is 0 Å². The minimum absolute atomic E-state index is 0.755. The monoisotopic (exact) mass is 241 g/mol. The fourth-order valence-electron chi connectivity index (χ4n) is 2.95. The Morgan fingerprint density at radius 2 is 1.88 bits per heavy atom. The highest BCUT2D eigenvalue weighted by atomic mass is 15.2. The summed E-state index contributed by atoms with van der Waals surface area (Å²) in [5.41, 5.74) is 5.71. The maximum Gasteiger partial charge on any atom is 0.0223 e. The molecule has 0 spiro atoms. The van der Waals surface area contributed by atoms with Crippen LogP contribution < -0.4 is 5.73 Å². The highest BCUT2D eigenvalue weighted by Gasteiger charge is 2.23. The Morgan fingerprint density at radius 3 is 2.47 bits per heavy atom. The van der Waals surface area contributed by atoms with Crippen molar-refractivity contribution in [3.63, 3.8) is 0 Å². The number of likely N-dealkylation sites (tertiary alicyclic amines) is 1. The van der Waals surface area contributed by atoms with E-state index in [4.69, 9.17) is 5.73 Å².